The lowest BCUT2D eigenvalue weighted by Gasteiger charge is -2.11. The highest BCUT2D eigenvalue weighted by Crippen LogP contribution is 2.44. The summed E-state index contributed by atoms with van der Waals surface area (Å²) in [6.07, 6.45) is 7.17. The fourth-order valence-electron chi connectivity index (χ4n) is 3.87. The summed E-state index contributed by atoms with van der Waals surface area (Å²) in [6, 6.07) is 14.7. The molecular formula is C25H29NO4. The van der Waals surface area contributed by atoms with Crippen molar-refractivity contribution in [1.82, 2.24) is 5.32 Å². The van der Waals surface area contributed by atoms with Gasteiger partial charge < -0.3 is 19.9 Å². The van der Waals surface area contributed by atoms with Gasteiger partial charge in [0.15, 0.2) is 0 Å². The molecule has 1 aliphatic carbocycles. The van der Waals surface area contributed by atoms with E-state index in [-0.39, 0.29) is 25.0 Å². The second-order valence-electron chi connectivity index (χ2n) is 7.32. The number of rotatable bonds is 12. The smallest absolute Gasteiger partial charge is 0.220 e. The van der Waals surface area contributed by atoms with Crippen LogP contribution in [0, 0.1) is 12.3 Å². The van der Waals surface area contributed by atoms with Crippen LogP contribution in [0.1, 0.15) is 35.4 Å². The van der Waals surface area contributed by atoms with Gasteiger partial charge in [-0.3, -0.25) is 4.79 Å². The first-order valence-corrected chi connectivity index (χ1v) is 10.4. The highest BCUT2D eigenvalue weighted by Gasteiger charge is 2.27. The van der Waals surface area contributed by atoms with E-state index >= 15 is 0 Å². The third-order valence-corrected chi connectivity index (χ3v) is 5.30. The fraction of sp³-hybridized carbons (Fsp3) is 0.400. The van der Waals surface area contributed by atoms with E-state index in [1.54, 1.807) is 0 Å². The summed E-state index contributed by atoms with van der Waals surface area (Å²) in [7, 11) is 0. The minimum absolute atomic E-state index is 0.0315. The van der Waals surface area contributed by atoms with Crippen molar-refractivity contribution in [3.63, 3.8) is 0 Å². The molecule has 158 valence electrons. The molecule has 0 heterocycles. The zero-order chi connectivity index (χ0) is 21.2. The minimum Gasteiger partial charge on any atom is -0.395 e. The molecule has 0 saturated carbocycles. The lowest BCUT2D eigenvalue weighted by Crippen LogP contribution is -2.27. The molecule has 1 amide bonds. The number of hydrogen-bond donors (Lipinski definition) is 2. The van der Waals surface area contributed by atoms with Gasteiger partial charge in [-0.05, 0) is 40.7 Å². The normalized spacial score (nSPS) is 14.1. The number of terminal acetylenes is 1. The minimum atomic E-state index is 0.0315. The third-order valence-electron chi connectivity index (χ3n) is 5.30. The van der Waals surface area contributed by atoms with E-state index < -0.39 is 0 Å². The first-order chi connectivity index (χ1) is 14.7. The van der Waals surface area contributed by atoms with E-state index in [1.807, 2.05) is 12.1 Å². The number of aryl methyl sites for hydroxylation is 1. The number of aliphatic hydroxyl groups is 1. The van der Waals surface area contributed by atoms with Crippen LogP contribution in [0.3, 0.4) is 0 Å². The average Bonchev–Trinajstić information content (AvgIpc) is 3.08. The SMILES string of the molecule is C#CCOCCOCCNC(=O)CCCc1ccc2c(c1)C(CO)c1ccccc1-2. The average molecular weight is 408 g/mol. The van der Waals surface area contributed by atoms with Gasteiger partial charge in [0, 0.05) is 18.9 Å². The summed E-state index contributed by atoms with van der Waals surface area (Å²) < 4.78 is 10.5. The summed E-state index contributed by atoms with van der Waals surface area (Å²) in [5.41, 5.74) is 5.99. The standard InChI is InChI=1S/C25H29NO4/c1-2-13-29-15-16-30-14-12-26-25(28)9-5-6-19-10-11-22-20-7-3-4-8-21(20)24(18-27)23(22)17-19/h1,3-4,7-8,10-11,17,24,27H,5-6,9,12-16,18H2,(H,26,28). The molecule has 3 rings (SSSR count). The predicted octanol–water partition coefficient (Wildman–Crippen LogP) is 2.90. The van der Waals surface area contributed by atoms with E-state index in [2.05, 4.69) is 41.6 Å². The van der Waals surface area contributed by atoms with Crippen molar-refractivity contribution in [1.29, 1.82) is 0 Å². The highest BCUT2D eigenvalue weighted by atomic mass is 16.5. The zero-order valence-electron chi connectivity index (χ0n) is 17.2. The summed E-state index contributed by atoms with van der Waals surface area (Å²) in [5.74, 6) is 2.46. The number of amides is 1. The molecule has 2 N–H and O–H groups in total. The number of carbonyl (C=O) groups is 1. The number of carbonyl (C=O) groups excluding carboxylic acids is 1. The van der Waals surface area contributed by atoms with Crippen LogP contribution in [0.15, 0.2) is 42.5 Å². The Morgan fingerprint density at radius 2 is 1.87 bits per heavy atom. The molecule has 2 aromatic carbocycles. The number of hydrogen-bond acceptors (Lipinski definition) is 4. The maximum Gasteiger partial charge on any atom is 0.220 e. The van der Waals surface area contributed by atoms with Gasteiger partial charge in [-0.15, -0.1) is 6.42 Å². The van der Waals surface area contributed by atoms with Crippen molar-refractivity contribution in [2.75, 3.05) is 39.6 Å². The number of benzene rings is 2. The lowest BCUT2D eigenvalue weighted by molar-refractivity contribution is -0.121. The van der Waals surface area contributed by atoms with Crippen molar-refractivity contribution in [2.45, 2.75) is 25.2 Å². The molecule has 30 heavy (non-hydrogen) atoms. The molecule has 0 bridgehead atoms. The summed E-state index contributed by atoms with van der Waals surface area (Å²) in [4.78, 5) is 12.0. The van der Waals surface area contributed by atoms with Crippen LogP contribution in [-0.2, 0) is 20.7 Å². The Bertz CT molecular complexity index is 887. The summed E-state index contributed by atoms with van der Waals surface area (Å²) in [6.45, 7) is 2.27. The van der Waals surface area contributed by atoms with Crippen LogP contribution in [0.2, 0.25) is 0 Å². The van der Waals surface area contributed by atoms with Gasteiger partial charge in [0.2, 0.25) is 5.91 Å². The van der Waals surface area contributed by atoms with Crippen molar-refractivity contribution in [3.05, 3.63) is 59.2 Å². The first-order valence-electron chi connectivity index (χ1n) is 10.4. The zero-order valence-corrected chi connectivity index (χ0v) is 17.2. The van der Waals surface area contributed by atoms with Crippen LogP contribution in [0.25, 0.3) is 11.1 Å². The van der Waals surface area contributed by atoms with E-state index in [0.29, 0.717) is 32.8 Å². The van der Waals surface area contributed by atoms with Gasteiger partial charge in [0.05, 0.1) is 26.4 Å². The monoisotopic (exact) mass is 407 g/mol. The quantitative estimate of drug-likeness (QED) is 0.419. The molecule has 0 radical (unpaired) electrons. The van der Waals surface area contributed by atoms with Crippen LogP contribution >= 0.6 is 0 Å². The van der Waals surface area contributed by atoms with E-state index in [1.165, 1.54) is 27.8 Å². The molecular weight excluding hydrogens is 378 g/mol. The van der Waals surface area contributed by atoms with Crippen LogP contribution in [0.4, 0.5) is 0 Å². The molecule has 1 atom stereocenters. The van der Waals surface area contributed by atoms with Gasteiger partial charge >= 0.3 is 0 Å². The maximum absolute atomic E-state index is 12.0. The molecule has 1 aliphatic rings. The Balaban J connectivity index is 1.39. The van der Waals surface area contributed by atoms with Crippen molar-refractivity contribution in [2.24, 2.45) is 0 Å². The number of aliphatic hydroxyl groups excluding tert-OH is 1. The van der Waals surface area contributed by atoms with Crippen molar-refractivity contribution < 1.29 is 19.4 Å². The van der Waals surface area contributed by atoms with Gasteiger partial charge in [0.25, 0.3) is 0 Å². The molecule has 0 spiro atoms. The topological polar surface area (TPSA) is 67.8 Å². The van der Waals surface area contributed by atoms with Gasteiger partial charge in [-0.2, -0.15) is 0 Å². The highest BCUT2D eigenvalue weighted by molar-refractivity contribution is 5.79. The second kappa shape index (κ2) is 11.5. The third kappa shape index (κ3) is 5.70. The van der Waals surface area contributed by atoms with Gasteiger partial charge in [-0.25, -0.2) is 0 Å². The molecule has 5 nitrogen and oxygen atoms in total. The molecule has 0 fully saturated rings. The molecule has 2 aromatic rings. The number of nitrogens with one attached hydrogen (secondary N) is 1. The van der Waals surface area contributed by atoms with Crippen LogP contribution < -0.4 is 5.32 Å². The molecule has 5 heteroatoms. The largest absolute Gasteiger partial charge is 0.395 e. The summed E-state index contributed by atoms with van der Waals surface area (Å²) >= 11 is 0. The first kappa shape index (κ1) is 22.0. The Morgan fingerprint density at radius 1 is 1.07 bits per heavy atom. The van der Waals surface area contributed by atoms with Gasteiger partial charge in [-0.1, -0.05) is 48.4 Å². The maximum atomic E-state index is 12.0. The van der Waals surface area contributed by atoms with Crippen molar-refractivity contribution in [3.8, 4) is 23.5 Å². The molecule has 0 aromatic heterocycles. The van der Waals surface area contributed by atoms with E-state index in [0.717, 1.165) is 12.8 Å². The molecule has 0 aliphatic heterocycles. The lowest BCUT2D eigenvalue weighted by atomic mass is 9.95. The Labute approximate surface area is 178 Å². The number of fused-ring (bicyclic) bond motifs is 3. The van der Waals surface area contributed by atoms with Crippen molar-refractivity contribution >= 4 is 5.91 Å². The Morgan fingerprint density at radius 3 is 2.70 bits per heavy atom. The Hall–Kier alpha value is -2.65. The number of ether oxygens (including phenoxy) is 2. The van der Waals surface area contributed by atoms with Crippen LogP contribution in [-0.4, -0.2) is 50.6 Å². The van der Waals surface area contributed by atoms with E-state index in [4.69, 9.17) is 15.9 Å². The molecule has 1 unspecified atom stereocenters. The Kier molecular flexibility index (Phi) is 8.46. The predicted molar refractivity (Wildman–Crippen MR) is 117 cm³/mol. The van der Waals surface area contributed by atoms with Crippen LogP contribution in [0.5, 0.6) is 0 Å². The van der Waals surface area contributed by atoms with Gasteiger partial charge in [0.1, 0.15) is 6.61 Å². The summed E-state index contributed by atoms with van der Waals surface area (Å²) in [5, 5.41) is 12.8. The second-order valence-corrected chi connectivity index (χ2v) is 7.32. The van der Waals surface area contributed by atoms with E-state index in [9.17, 15) is 9.90 Å². The molecule has 0 saturated heterocycles. The fourth-order valence-corrected chi connectivity index (χ4v) is 3.87.